The number of carbonyl (C=O) groups is 1. The first-order chi connectivity index (χ1) is 9.33. The number of hydrogen-bond acceptors (Lipinski definition) is 3. The summed E-state index contributed by atoms with van der Waals surface area (Å²) >= 11 is 1.82. The summed E-state index contributed by atoms with van der Waals surface area (Å²) in [5.41, 5.74) is 0.862. The number of hydrogen-bond donors (Lipinski definition) is 2. The van der Waals surface area contributed by atoms with Crippen molar-refractivity contribution in [3.63, 3.8) is 0 Å². The second kappa shape index (κ2) is 5.63. The maximum absolute atomic E-state index is 12.1. The standard InChI is InChI=1S/C15H16N2OS/c18-15(14-10-19-8-7-16-14)17-13-6-5-11-3-1-2-4-12(11)9-13/h1-6,9,14,16H,7-8,10H2,(H,17,18). The first-order valence-electron chi connectivity index (χ1n) is 6.44. The molecule has 1 aliphatic heterocycles. The van der Waals surface area contributed by atoms with E-state index in [4.69, 9.17) is 0 Å². The monoisotopic (exact) mass is 272 g/mol. The van der Waals surface area contributed by atoms with Gasteiger partial charge in [-0.3, -0.25) is 4.79 Å². The second-order valence-corrected chi connectivity index (χ2v) is 5.78. The van der Waals surface area contributed by atoms with Crippen molar-refractivity contribution in [2.45, 2.75) is 6.04 Å². The zero-order valence-corrected chi connectivity index (χ0v) is 11.4. The van der Waals surface area contributed by atoms with Crippen LogP contribution in [0, 0.1) is 0 Å². The number of benzene rings is 2. The van der Waals surface area contributed by atoms with Gasteiger partial charge in [0.05, 0.1) is 6.04 Å². The normalized spacial score (nSPS) is 19.3. The highest BCUT2D eigenvalue weighted by Gasteiger charge is 2.20. The molecule has 3 nitrogen and oxygen atoms in total. The van der Waals surface area contributed by atoms with Crippen LogP contribution < -0.4 is 10.6 Å². The summed E-state index contributed by atoms with van der Waals surface area (Å²) < 4.78 is 0. The van der Waals surface area contributed by atoms with Gasteiger partial charge in [-0.25, -0.2) is 0 Å². The summed E-state index contributed by atoms with van der Waals surface area (Å²) in [5.74, 6) is 1.99. The first-order valence-corrected chi connectivity index (χ1v) is 7.59. The van der Waals surface area contributed by atoms with Crippen molar-refractivity contribution in [2.75, 3.05) is 23.4 Å². The number of carbonyl (C=O) groups excluding carboxylic acids is 1. The summed E-state index contributed by atoms with van der Waals surface area (Å²) in [6.45, 7) is 0.903. The van der Waals surface area contributed by atoms with Crippen molar-refractivity contribution in [3.05, 3.63) is 42.5 Å². The molecule has 0 aliphatic carbocycles. The largest absolute Gasteiger partial charge is 0.325 e. The number of nitrogens with one attached hydrogen (secondary N) is 2. The zero-order chi connectivity index (χ0) is 13.1. The van der Waals surface area contributed by atoms with Crippen molar-refractivity contribution in [2.24, 2.45) is 0 Å². The maximum Gasteiger partial charge on any atom is 0.242 e. The zero-order valence-electron chi connectivity index (χ0n) is 10.6. The first kappa shape index (κ1) is 12.5. The number of thioether (sulfide) groups is 1. The molecule has 1 amide bonds. The van der Waals surface area contributed by atoms with Crippen molar-refractivity contribution >= 4 is 34.1 Å². The fraction of sp³-hybridized carbons (Fsp3) is 0.267. The molecule has 0 saturated carbocycles. The molecule has 1 fully saturated rings. The average molecular weight is 272 g/mol. The van der Waals surface area contributed by atoms with Crippen LogP contribution in [0.2, 0.25) is 0 Å². The fourth-order valence-corrected chi connectivity index (χ4v) is 3.16. The lowest BCUT2D eigenvalue weighted by Crippen LogP contribution is -2.46. The van der Waals surface area contributed by atoms with Gasteiger partial charge < -0.3 is 10.6 Å². The third kappa shape index (κ3) is 2.91. The van der Waals surface area contributed by atoms with Crippen LogP contribution in [0.15, 0.2) is 42.5 Å². The number of rotatable bonds is 2. The van der Waals surface area contributed by atoms with Gasteiger partial charge in [0, 0.05) is 23.7 Å². The van der Waals surface area contributed by atoms with Crippen molar-refractivity contribution in [1.29, 1.82) is 0 Å². The van der Waals surface area contributed by atoms with Gasteiger partial charge in [0.1, 0.15) is 0 Å². The van der Waals surface area contributed by atoms with E-state index >= 15 is 0 Å². The van der Waals surface area contributed by atoms with Gasteiger partial charge in [-0.15, -0.1) is 0 Å². The minimum Gasteiger partial charge on any atom is -0.325 e. The molecule has 0 spiro atoms. The van der Waals surface area contributed by atoms with Gasteiger partial charge in [0.15, 0.2) is 0 Å². The van der Waals surface area contributed by atoms with E-state index < -0.39 is 0 Å². The van der Waals surface area contributed by atoms with Crippen LogP contribution in [0.4, 0.5) is 5.69 Å². The van der Waals surface area contributed by atoms with Gasteiger partial charge in [-0.1, -0.05) is 30.3 Å². The van der Waals surface area contributed by atoms with Gasteiger partial charge in [0.2, 0.25) is 5.91 Å². The molecular formula is C15H16N2OS. The minimum atomic E-state index is -0.0785. The Morgan fingerprint density at radius 3 is 2.84 bits per heavy atom. The third-order valence-corrected chi connectivity index (χ3v) is 4.32. The topological polar surface area (TPSA) is 41.1 Å². The third-order valence-electron chi connectivity index (χ3n) is 3.26. The van der Waals surface area contributed by atoms with Crippen LogP contribution in [0.5, 0.6) is 0 Å². The maximum atomic E-state index is 12.1. The highest BCUT2D eigenvalue weighted by Crippen LogP contribution is 2.19. The molecule has 3 rings (SSSR count). The predicted octanol–water partition coefficient (Wildman–Crippen LogP) is 2.48. The Bertz CT molecular complexity index is 593. The van der Waals surface area contributed by atoms with Crippen LogP contribution in [0.25, 0.3) is 10.8 Å². The number of fused-ring (bicyclic) bond motifs is 1. The molecule has 1 aliphatic rings. The van der Waals surface area contributed by atoms with Gasteiger partial charge in [0.25, 0.3) is 0 Å². The van der Waals surface area contributed by atoms with Crippen LogP contribution in [-0.2, 0) is 4.79 Å². The van der Waals surface area contributed by atoms with E-state index in [0.717, 1.165) is 29.1 Å². The number of amides is 1. The van der Waals surface area contributed by atoms with Crippen molar-refractivity contribution < 1.29 is 4.79 Å². The second-order valence-electron chi connectivity index (χ2n) is 4.63. The molecule has 1 unspecified atom stereocenters. The Kier molecular flexibility index (Phi) is 3.71. The predicted molar refractivity (Wildman–Crippen MR) is 81.7 cm³/mol. The van der Waals surface area contributed by atoms with E-state index in [1.165, 1.54) is 5.39 Å². The molecule has 98 valence electrons. The highest BCUT2D eigenvalue weighted by molar-refractivity contribution is 7.99. The van der Waals surface area contributed by atoms with E-state index in [0.29, 0.717) is 0 Å². The molecule has 2 aromatic rings. The van der Waals surface area contributed by atoms with Crippen LogP contribution in [0.3, 0.4) is 0 Å². The average Bonchev–Trinajstić information content (AvgIpc) is 2.48. The van der Waals surface area contributed by atoms with Gasteiger partial charge in [-0.05, 0) is 22.9 Å². The number of anilines is 1. The van der Waals surface area contributed by atoms with Crippen LogP contribution >= 0.6 is 11.8 Å². The van der Waals surface area contributed by atoms with Gasteiger partial charge in [-0.2, -0.15) is 11.8 Å². The molecule has 4 heteroatoms. The lowest BCUT2D eigenvalue weighted by Gasteiger charge is -2.22. The molecule has 1 atom stereocenters. The molecule has 2 N–H and O–H groups in total. The summed E-state index contributed by atoms with van der Waals surface area (Å²) in [4.78, 5) is 12.1. The quantitative estimate of drug-likeness (QED) is 0.882. The van der Waals surface area contributed by atoms with E-state index in [2.05, 4.69) is 22.8 Å². The Balaban J connectivity index is 1.75. The summed E-state index contributed by atoms with van der Waals surface area (Å²) in [6, 6.07) is 14.1. The van der Waals surface area contributed by atoms with Crippen molar-refractivity contribution in [3.8, 4) is 0 Å². The smallest absolute Gasteiger partial charge is 0.242 e. The fourth-order valence-electron chi connectivity index (χ4n) is 2.23. The van der Waals surface area contributed by atoms with Gasteiger partial charge >= 0.3 is 0 Å². The molecule has 0 radical (unpaired) electrons. The molecule has 1 heterocycles. The summed E-state index contributed by atoms with van der Waals surface area (Å²) in [6.07, 6.45) is 0. The molecule has 0 aromatic heterocycles. The lowest BCUT2D eigenvalue weighted by molar-refractivity contribution is -0.117. The van der Waals surface area contributed by atoms with Crippen LogP contribution in [0.1, 0.15) is 0 Å². The SMILES string of the molecule is O=C(Nc1ccc2ccccc2c1)C1CSCCN1. The molecule has 1 saturated heterocycles. The lowest BCUT2D eigenvalue weighted by atomic mass is 10.1. The summed E-state index contributed by atoms with van der Waals surface area (Å²) in [7, 11) is 0. The Morgan fingerprint density at radius 2 is 2.05 bits per heavy atom. The van der Waals surface area contributed by atoms with Crippen molar-refractivity contribution in [1.82, 2.24) is 5.32 Å². The Labute approximate surface area is 116 Å². The Morgan fingerprint density at radius 1 is 1.21 bits per heavy atom. The van der Waals surface area contributed by atoms with Crippen LogP contribution in [-0.4, -0.2) is 30.0 Å². The van der Waals surface area contributed by atoms with E-state index in [9.17, 15) is 4.79 Å². The van der Waals surface area contributed by atoms with E-state index in [1.807, 2.05) is 42.1 Å². The molecule has 2 aromatic carbocycles. The van der Waals surface area contributed by atoms with E-state index in [1.54, 1.807) is 0 Å². The highest BCUT2D eigenvalue weighted by atomic mass is 32.2. The molecule has 19 heavy (non-hydrogen) atoms. The summed E-state index contributed by atoms with van der Waals surface area (Å²) in [5, 5.41) is 8.56. The molecular weight excluding hydrogens is 256 g/mol. The van der Waals surface area contributed by atoms with E-state index in [-0.39, 0.29) is 11.9 Å². The molecule has 0 bridgehead atoms. The Hall–Kier alpha value is -1.52. The minimum absolute atomic E-state index is 0.0579.